The molecule has 0 spiro atoms. The van der Waals surface area contributed by atoms with Crippen LogP contribution in [0.25, 0.3) is 11.4 Å². The van der Waals surface area contributed by atoms with Crippen molar-refractivity contribution in [2.75, 3.05) is 18.2 Å². The largest absolute Gasteiger partial charge is 0.496 e. The maximum absolute atomic E-state index is 12.2. The molecule has 1 heterocycles. The van der Waals surface area contributed by atoms with Crippen molar-refractivity contribution in [2.24, 2.45) is 0 Å². The van der Waals surface area contributed by atoms with Crippen molar-refractivity contribution in [1.82, 2.24) is 15.2 Å². The van der Waals surface area contributed by atoms with Crippen molar-refractivity contribution in [2.45, 2.75) is 18.5 Å². The van der Waals surface area contributed by atoms with E-state index in [0.717, 1.165) is 12.1 Å². The van der Waals surface area contributed by atoms with E-state index in [9.17, 15) is 4.79 Å². The molecule has 3 rings (SSSR count). The maximum Gasteiger partial charge on any atom is 0.234 e. The Morgan fingerprint density at radius 3 is 2.93 bits per heavy atom. The van der Waals surface area contributed by atoms with Gasteiger partial charge in [-0.15, -0.1) is 5.10 Å². The Kier molecular flexibility index (Phi) is 6.36. The first-order valence-corrected chi connectivity index (χ1v) is 9.73. The summed E-state index contributed by atoms with van der Waals surface area (Å²) in [5.74, 6) is 1.27. The molecule has 140 valence electrons. The summed E-state index contributed by atoms with van der Waals surface area (Å²) >= 11 is 7.31. The van der Waals surface area contributed by atoms with Crippen LogP contribution in [0.2, 0.25) is 5.02 Å². The molecule has 0 aliphatic rings. The number of amides is 1. The molecule has 1 amide bonds. The van der Waals surface area contributed by atoms with Crippen molar-refractivity contribution in [3.8, 4) is 17.1 Å². The number of carbonyl (C=O) groups is 1. The van der Waals surface area contributed by atoms with Gasteiger partial charge in [-0.05, 0) is 42.3 Å². The summed E-state index contributed by atoms with van der Waals surface area (Å²) in [6.07, 6.45) is 0.922. The van der Waals surface area contributed by atoms with Gasteiger partial charge in [0.15, 0.2) is 5.82 Å². The highest BCUT2D eigenvalue weighted by atomic mass is 35.5. The second-order valence-electron chi connectivity index (χ2n) is 5.70. The smallest absolute Gasteiger partial charge is 0.234 e. The molecule has 8 heteroatoms. The molecule has 27 heavy (non-hydrogen) atoms. The van der Waals surface area contributed by atoms with Crippen LogP contribution in [0.5, 0.6) is 5.75 Å². The van der Waals surface area contributed by atoms with E-state index in [2.05, 4.69) is 27.4 Å². The number of aryl methyl sites for hydroxylation is 1. The van der Waals surface area contributed by atoms with Gasteiger partial charge in [-0.2, -0.15) is 0 Å². The minimum Gasteiger partial charge on any atom is -0.496 e. The number of methoxy groups -OCH3 is 1. The van der Waals surface area contributed by atoms with E-state index in [1.54, 1.807) is 25.3 Å². The number of ether oxygens (including phenoxy) is 1. The third-order valence-corrected chi connectivity index (χ3v) is 4.92. The number of hydrogen-bond acceptors (Lipinski definition) is 5. The fourth-order valence-corrected chi connectivity index (χ4v) is 3.26. The summed E-state index contributed by atoms with van der Waals surface area (Å²) < 4.78 is 5.33. The lowest BCUT2D eigenvalue weighted by atomic mass is 10.1. The van der Waals surface area contributed by atoms with Gasteiger partial charge in [0.25, 0.3) is 0 Å². The predicted molar refractivity (Wildman–Crippen MR) is 109 cm³/mol. The molecule has 0 saturated heterocycles. The fraction of sp³-hybridized carbons (Fsp3) is 0.211. The molecule has 0 fully saturated rings. The summed E-state index contributed by atoms with van der Waals surface area (Å²) in [6, 6.07) is 13.1. The highest BCUT2D eigenvalue weighted by molar-refractivity contribution is 7.99. The highest BCUT2D eigenvalue weighted by Crippen LogP contribution is 2.31. The van der Waals surface area contributed by atoms with Gasteiger partial charge in [0, 0.05) is 10.7 Å². The molecule has 0 unspecified atom stereocenters. The molecule has 0 aliphatic heterocycles. The number of aromatic amines is 1. The summed E-state index contributed by atoms with van der Waals surface area (Å²) in [6.45, 7) is 2.08. The van der Waals surface area contributed by atoms with E-state index in [4.69, 9.17) is 16.3 Å². The molecule has 2 aromatic carbocycles. The number of benzene rings is 2. The number of thioether (sulfide) groups is 1. The average molecular weight is 403 g/mol. The average Bonchev–Trinajstić information content (AvgIpc) is 3.15. The lowest BCUT2D eigenvalue weighted by Gasteiger charge is -2.06. The van der Waals surface area contributed by atoms with Gasteiger partial charge in [0.05, 0.1) is 18.4 Å². The summed E-state index contributed by atoms with van der Waals surface area (Å²) in [5, 5.41) is 11.0. The maximum atomic E-state index is 12.2. The number of halogens is 1. The van der Waals surface area contributed by atoms with E-state index in [-0.39, 0.29) is 11.7 Å². The van der Waals surface area contributed by atoms with Crippen molar-refractivity contribution in [1.29, 1.82) is 0 Å². The number of H-pyrrole nitrogens is 1. The van der Waals surface area contributed by atoms with Crippen LogP contribution >= 0.6 is 23.4 Å². The SMILES string of the molecule is CCc1cccc(NC(=O)CSc2n[nH]c(-c3cc(Cl)ccc3OC)n2)c1. The van der Waals surface area contributed by atoms with E-state index in [1.165, 1.54) is 17.3 Å². The lowest BCUT2D eigenvalue weighted by molar-refractivity contribution is -0.113. The van der Waals surface area contributed by atoms with E-state index in [1.807, 2.05) is 24.3 Å². The van der Waals surface area contributed by atoms with Crippen LogP contribution in [0.15, 0.2) is 47.6 Å². The molecule has 0 saturated carbocycles. The zero-order valence-electron chi connectivity index (χ0n) is 15.0. The van der Waals surface area contributed by atoms with Gasteiger partial charge >= 0.3 is 0 Å². The Morgan fingerprint density at radius 2 is 2.15 bits per heavy atom. The van der Waals surface area contributed by atoms with Crippen LogP contribution in [-0.4, -0.2) is 34.0 Å². The van der Waals surface area contributed by atoms with E-state index in [0.29, 0.717) is 27.3 Å². The molecule has 0 bridgehead atoms. The zero-order chi connectivity index (χ0) is 19.2. The molecule has 0 radical (unpaired) electrons. The van der Waals surface area contributed by atoms with Crippen LogP contribution < -0.4 is 10.1 Å². The second-order valence-corrected chi connectivity index (χ2v) is 7.08. The van der Waals surface area contributed by atoms with Crippen LogP contribution in [0.3, 0.4) is 0 Å². The van der Waals surface area contributed by atoms with Gasteiger partial charge < -0.3 is 10.1 Å². The van der Waals surface area contributed by atoms with Gasteiger partial charge in [-0.3, -0.25) is 9.89 Å². The number of aromatic nitrogens is 3. The molecule has 2 N–H and O–H groups in total. The highest BCUT2D eigenvalue weighted by Gasteiger charge is 2.13. The van der Waals surface area contributed by atoms with Crippen LogP contribution in [0.4, 0.5) is 5.69 Å². The number of hydrogen-bond donors (Lipinski definition) is 2. The standard InChI is InChI=1S/C19H19ClN4O2S/c1-3-12-5-4-6-14(9-12)21-17(25)11-27-19-22-18(23-24-19)15-10-13(20)7-8-16(15)26-2/h4-10H,3,11H2,1-2H3,(H,21,25)(H,22,23,24). The second kappa shape index (κ2) is 8.92. The minimum atomic E-state index is -0.111. The molecule has 0 aliphatic carbocycles. The Hall–Kier alpha value is -2.51. The van der Waals surface area contributed by atoms with Crippen LogP contribution in [-0.2, 0) is 11.2 Å². The Labute approximate surface area is 166 Å². The van der Waals surface area contributed by atoms with Gasteiger partial charge in [0.2, 0.25) is 11.1 Å². The van der Waals surface area contributed by atoms with Gasteiger partial charge in [-0.25, -0.2) is 4.98 Å². The van der Waals surface area contributed by atoms with Crippen LogP contribution in [0.1, 0.15) is 12.5 Å². The summed E-state index contributed by atoms with van der Waals surface area (Å²) in [5.41, 5.74) is 2.68. The third-order valence-electron chi connectivity index (χ3n) is 3.83. The number of carbonyl (C=O) groups excluding carboxylic acids is 1. The van der Waals surface area contributed by atoms with Crippen molar-refractivity contribution in [3.63, 3.8) is 0 Å². The van der Waals surface area contributed by atoms with Gasteiger partial charge in [0.1, 0.15) is 5.75 Å². The summed E-state index contributed by atoms with van der Waals surface area (Å²) in [4.78, 5) is 16.6. The molecule has 0 atom stereocenters. The number of nitrogens with zero attached hydrogens (tertiary/aromatic N) is 2. The van der Waals surface area contributed by atoms with Crippen LogP contribution in [0, 0.1) is 0 Å². The van der Waals surface area contributed by atoms with Crippen molar-refractivity contribution in [3.05, 3.63) is 53.1 Å². The van der Waals surface area contributed by atoms with Crippen molar-refractivity contribution < 1.29 is 9.53 Å². The number of anilines is 1. The first-order chi connectivity index (χ1) is 13.1. The first-order valence-electron chi connectivity index (χ1n) is 8.37. The Bertz CT molecular complexity index is 945. The van der Waals surface area contributed by atoms with Crippen molar-refractivity contribution >= 4 is 35.0 Å². The molecule has 1 aromatic heterocycles. The topological polar surface area (TPSA) is 79.9 Å². The first kappa shape index (κ1) is 19.3. The molecular formula is C19H19ClN4O2S. The minimum absolute atomic E-state index is 0.111. The zero-order valence-corrected chi connectivity index (χ0v) is 16.5. The Balaban J connectivity index is 1.63. The van der Waals surface area contributed by atoms with E-state index < -0.39 is 0 Å². The third kappa shape index (κ3) is 5.02. The number of nitrogens with one attached hydrogen (secondary N) is 2. The molecular weight excluding hydrogens is 384 g/mol. The quantitative estimate of drug-likeness (QED) is 0.571. The normalized spacial score (nSPS) is 10.6. The monoisotopic (exact) mass is 402 g/mol. The Morgan fingerprint density at radius 1 is 1.30 bits per heavy atom. The van der Waals surface area contributed by atoms with E-state index >= 15 is 0 Å². The predicted octanol–water partition coefficient (Wildman–Crippen LogP) is 4.43. The van der Waals surface area contributed by atoms with Gasteiger partial charge in [-0.1, -0.05) is 42.4 Å². The number of rotatable bonds is 7. The molecule has 6 nitrogen and oxygen atoms in total. The summed E-state index contributed by atoms with van der Waals surface area (Å²) in [7, 11) is 1.58. The fourth-order valence-electron chi connectivity index (χ4n) is 2.49. The lowest BCUT2D eigenvalue weighted by Crippen LogP contribution is -2.14. The molecule has 3 aromatic rings.